The minimum Gasteiger partial charge on any atom is -0.394 e. The number of Topliss-reactive ketones (excluding diaryl/α,β-unsaturated/α-hetero) is 6. The number of amides is 2. The molecule has 0 bridgehead atoms. The van der Waals surface area contributed by atoms with Crippen molar-refractivity contribution in [3.8, 4) is 0 Å². The van der Waals surface area contributed by atoms with Gasteiger partial charge in [-0.3, -0.25) is 38.4 Å². The number of ether oxygens (including phenoxy) is 9. The summed E-state index contributed by atoms with van der Waals surface area (Å²) in [6.45, 7) is 6.65. The quantitative estimate of drug-likeness (QED) is 0.0263. The predicted molar refractivity (Wildman–Crippen MR) is 427 cm³/mol. The molecule has 668 valence electrons. The molecule has 2 amide bonds. The summed E-state index contributed by atoms with van der Waals surface area (Å²) < 4.78 is 58.4. The zero-order chi connectivity index (χ0) is 84.6. The number of unbranched alkanes of at least 4 members (excludes halogenated alkanes) is 14. The average Bonchev–Trinajstić information content (AvgIpc) is 1.71. The van der Waals surface area contributed by atoms with Crippen LogP contribution in [-0.2, 0) is 85.5 Å². The first-order chi connectivity index (χ1) is 55.0. The smallest absolute Gasteiger partial charge is 0.222 e. The van der Waals surface area contributed by atoms with Crippen molar-refractivity contribution in [3.05, 3.63) is 0 Å². The molecule has 0 aromatic carbocycles. The van der Waals surface area contributed by atoms with E-state index in [2.05, 4.69) is 16.9 Å². The van der Waals surface area contributed by atoms with Gasteiger partial charge in [-0.25, -0.2) is 0 Å². The van der Waals surface area contributed by atoms with E-state index in [0.29, 0.717) is 141 Å². The summed E-state index contributed by atoms with van der Waals surface area (Å²) in [5.74, 6) is -2.28. The van der Waals surface area contributed by atoms with E-state index in [9.17, 15) is 94.3 Å². The first kappa shape index (κ1) is 104. The highest BCUT2D eigenvalue weighted by atomic mass is 31.2. The molecular weight excluding hydrogens is 1520 g/mol. The number of ketones is 6. The molecule has 31 nitrogen and oxygen atoms in total. The Labute approximate surface area is 681 Å². The lowest BCUT2D eigenvalue weighted by atomic mass is 9.83. The van der Waals surface area contributed by atoms with Gasteiger partial charge in [-0.1, -0.05) is 78.4 Å². The second-order valence-corrected chi connectivity index (χ2v) is 35.1. The minimum atomic E-state index is -2.72. The Hall–Kier alpha value is -3.58. The van der Waals surface area contributed by atoms with Gasteiger partial charge in [0, 0.05) is 152 Å². The van der Waals surface area contributed by atoms with E-state index in [4.69, 9.17) is 47.2 Å². The molecule has 4 fully saturated rings. The average molecular weight is 1670 g/mol. The van der Waals surface area contributed by atoms with Crippen LogP contribution in [0.2, 0.25) is 0 Å². The highest BCUT2D eigenvalue weighted by molar-refractivity contribution is 7.62. The van der Waals surface area contributed by atoms with E-state index in [1.807, 2.05) is 0 Å². The molecule has 4 rings (SSSR count). The first-order valence-corrected chi connectivity index (χ1v) is 45.2. The molecule has 0 radical (unpaired) electrons. The number of nitrogens with one attached hydrogen (secondary N) is 2. The van der Waals surface area contributed by atoms with Crippen LogP contribution in [0.1, 0.15) is 252 Å². The van der Waals surface area contributed by atoms with E-state index in [1.54, 1.807) is 27.4 Å². The largest absolute Gasteiger partial charge is 0.394 e. The van der Waals surface area contributed by atoms with Crippen molar-refractivity contribution in [2.45, 2.75) is 332 Å². The molecule has 19 atom stereocenters. The molecule has 4 aliphatic rings. The van der Waals surface area contributed by atoms with E-state index in [-0.39, 0.29) is 182 Å². The summed E-state index contributed by atoms with van der Waals surface area (Å²) in [5.41, 5.74) is -1.09. The molecule has 3 heterocycles. The summed E-state index contributed by atoms with van der Waals surface area (Å²) in [6.07, 6.45) is 9.05. The third kappa shape index (κ3) is 42.7. The lowest BCUT2D eigenvalue weighted by Gasteiger charge is -2.40. The van der Waals surface area contributed by atoms with Crippen LogP contribution in [0.5, 0.6) is 0 Å². The molecule has 0 spiro atoms. The number of carbonyl (C=O) groups excluding carboxylic acids is 8. The third-order valence-corrected chi connectivity index (χ3v) is 23.0. The maximum Gasteiger partial charge on any atom is 0.222 e. The molecule has 3 aliphatic heterocycles. The molecule has 1 saturated carbocycles. The Kier molecular flexibility index (Phi) is 53.4. The Bertz CT molecular complexity index is 2570. The number of hydrogen-bond donors (Lipinski definition) is 13. The van der Waals surface area contributed by atoms with Crippen LogP contribution in [0.25, 0.3) is 0 Å². The molecule has 0 aromatic rings. The maximum absolute atomic E-state index is 14.2. The van der Waals surface area contributed by atoms with Crippen LogP contribution in [0.4, 0.5) is 0 Å². The van der Waals surface area contributed by atoms with E-state index in [1.165, 1.54) is 0 Å². The Morgan fingerprint density at radius 3 is 1.10 bits per heavy atom. The van der Waals surface area contributed by atoms with Gasteiger partial charge in [0.15, 0.2) is 18.9 Å². The summed E-state index contributed by atoms with van der Waals surface area (Å²) >= 11 is 0. The normalized spacial score (nSPS) is 27.4. The van der Waals surface area contributed by atoms with Crippen LogP contribution >= 0.6 is 7.34 Å². The molecule has 13 N–H and O–H groups in total. The van der Waals surface area contributed by atoms with Gasteiger partial charge in [0.05, 0.1) is 90.5 Å². The predicted octanol–water partition coefficient (Wildman–Crippen LogP) is 5.51. The zero-order valence-corrected chi connectivity index (χ0v) is 70.3. The van der Waals surface area contributed by atoms with Gasteiger partial charge < -0.3 is 114 Å². The highest BCUT2D eigenvalue weighted by Crippen LogP contribution is 2.41. The second kappa shape index (κ2) is 59.2. The maximum atomic E-state index is 14.2. The topological polar surface area (TPSA) is 475 Å². The summed E-state index contributed by atoms with van der Waals surface area (Å²) in [7, 11) is -2.72. The fourth-order valence-corrected chi connectivity index (χ4v) is 15.4. The summed E-state index contributed by atoms with van der Waals surface area (Å²) in [6, 6.07) is 0. The Morgan fingerprint density at radius 1 is 0.400 bits per heavy atom. The number of aliphatic hydroxyl groups is 10. The van der Waals surface area contributed by atoms with Gasteiger partial charge in [0.1, 0.15) is 78.7 Å². The van der Waals surface area contributed by atoms with Crippen molar-refractivity contribution in [3.63, 3.8) is 0 Å². The van der Waals surface area contributed by atoms with Crippen molar-refractivity contribution in [2.75, 3.05) is 106 Å². The lowest BCUT2D eigenvalue weighted by Crippen LogP contribution is -2.55. The molecule has 17 unspecified atom stereocenters. The number of hydrogen-bond acceptors (Lipinski definition) is 29. The van der Waals surface area contributed by atoms with Crippen LogP contribution in [0, 0.1) is 35.0 Å². The van der Waals surface area contributed by atoms with Gasteiger partial charge in [0.2, 0.25) is 11.8 Å². The third-order valence-electron chi connectivity index (χ3n) is 22.3. The van der Waals surface area contributed by atoms with Gasteiger partial charge in [-0.05, 0) is 102 Å². The highest BCUT2D eigenvalue weighted by Gasteiger charge is 2.46. The van der Waals surface area contributed by atoms with E-state index in [0.717, 1.165) is 44.9 Å². The SMILES string of the molecule is C=P(C)(O)OC[C@@H]1C[C@@H](O)CC1C(=O)CCCCCCCCCCC(=O)CC(COCCC(=O)CCCCCC(=O)CCCCOC1OC(CO)C(O)C(O)C1C)(COCCC(=O)CCCCCC(=O)CCCCOC1OC(CO)C(O)C(O)C1C)COCCC(=O)NCCCNC(=O)CCCCOC1OC(CO)C(O)C(O)C1C. The molecular formula is C83H147N2O29P. The van der Waals surface area contributed by atoms with Crippen molar-refractivity contribution < 1.29 is 141 Å². The number of aliphatic hydroxyl groups excluding tert-OH is 10. The molecule has 3 saturated heterocycles. The standard InChI is InChI=1S/C83H147N2O29P/c1-57-74(98)77(101)69(50-86)112-80(57)108-41-23-20-31-61(89)27-15-12-17-29-63(91)36-44-105-54-83(49-65(93)33-14-10-8-6-7-9-11-19-34-68(95)67-48-66(94)47-60(67)53-111-115(4,5)104,55-106-45-37-64(92)30-18-13-16-28-62(90)32-21-24-42-109-81-58(2)75(99)78(102)70(51-87)113-81)56-107-46-38-73(97)85-40-26-39-84-72(96)35-22-25-43-110-82-59(3)76(100)79(103)71(52-88)114-82/h57-60,66-67,69-71,74-82,86-88,94,98-104H,4,6-56H2,1-3,5H3,(H,84,96)(H,85,97)/t57?,58?,59?,60-,66+,67?,69?,70?,71?,74?,75?,76?,77?,78?,79?,80?,81?,82?,83?,115?/m0/s1. The molecule has 32 heteroatoms. The van der Waals surface area contributed by atoms with Crippen molar-refractivity contribution in [2.24, 2.45) is 35.0 Å². The summed E-state index contributed by atoms with van der Waals surface area (Å²) in [5, 5.41) is 106. The van der Waals surface area contributed by atoms with Gasteiger partial charge in [-0.2, -0.15) is 0 Å². The monoisotopic (exact) mass is 1670 g/mol. The summed E-state index contributed by atoms with van der Waals surface area (Å²) in [4.78, 5) is 115. The van der Waals surface area contributed by atoms with Gasteiger partial charge in [0.25, 0.3) is 0 Å². The van der Waals surface area contributed by atoms with Crippen LogP contribution in [0.15, 0.2) is 0 Å². The Balaban J connectivity index is 1.28. The van der Waals surface area contributed by atoms with Crippen LogP contribution in [-0.4, -0.2) is 294 Å². The van der Waals surface area contributed by atoms with Crippen molar-refractivity contribution >= 4 is 60.2 Å². The van der Waals surface area contributed by atoms with E-state index >= 15 is 0 Å². The lowest BCUT2D eigenvalue weighted by molar-refractivity contribution is -0.282. The fraction of sp³-hybridized carbons (Fsp3) is 0.892. The van der Waals surface area contributed by atoms with Gasteiger partial charge >= 0.3 is 0 Å². The van der Waals surface area contributed by atoms with Crippen molar-refractivity contribution in [1.29, 1.82) is 0 Å². The minimum absolute atomic E-state index is 0.0181. The van der Waals surface area contributed by atoms with Gasteiger partial charge in [-0.15, -0.1) is 0 Å². The van der Waals surface area contributed by atoms with Crippen LogP contribution < -0.4 is 10.6 Å². The second-order valence-electron chi connectivity index (χ2n) is 32.8. The number of carbonyl (C=O) groups is 8. The Morgan fingerprint density at radius 2 is 0.722 bits per heavy atom. The first-order valence-electron chi connectivity index (χ1n) is 42.9. The molecule has 115 heavy (non-hydrogen) atoms. The number of rotatable bonds is 69. The fourth-order valence-electron chi connectivity index (χ4n) is 14.9. The van der Waals surface area contributed by atoms with Crippen molar-refractivity contribution in [1.82, 2.24) is 10.6 Å². The van der Waals surface area contributed by atoms with E-state index < -0.39 is 130 Å². The zero-order valence-electron chi connectivity index (χ0n) is 69.4. The molecule has 0 aromatic heterocycles. The molecule has 1 aliphatic carbocycles. The van der Waals surface area contributed by atoms with Crippen LogP contribution in [0.3, 0.4) is 0 Å².